The monoisotopic (exact) mass is 317 g/mol. The van der Waals surface area contributed by atoms with Gasteiger partial charge in [-0.3, -0.25) is 0 Å². The van der Waals surface area contributed by atoms with E-state index in [-0.39, 0.29) is 5.75 Å². The summed E-state index contributed by atoms with van der Waals surface area (Å²) in [7, 11) is -1.52. The molecule has 0 saturated heterocycles. The Hall–Kier alpha value is -1.34. The van der Waals surface area contributed by atoms with Crippen molar-refractivity contribution in [3.8, 4) is 5.88 Å². The molecule has 0 aliphatic heterocycles. The second-order valence-corrected chi connectivity index (χ2v) is 7.08. The van der Waals surface area contributed by atoms with Crippen LogP contribution in [0.3, 0.4) is 0 Å². The number of rotatable bonds is 6. The fraction of sp³-hybridized carbons (Fsp3) is 0.500. The minimum atomic E-state index is -3.06. The van der Waals surface area contributed by atoms with Crippen molar-refractivity contribution in [1.29, 1.82) is 0 Å². The molecule has 2 aromatic heterocycles. The second-order valence-electron chi connectivity index (χ2n) is 4.44. The number of halogens is 1. The van der Waals surface area contributed by atoms with Gasteiger partial charge in [0.2, 0.25) is 5.88 Å². The average Bonchev–Trinajstić information content (AvgIpc) is 2.72. The molecular weight excluding hydrogens is 302 g/mol. The van der Waals surface area contributed by atoms with Crippen molar-refractivity contribution in [2.45, 2.75) is 13.0 Å². The number of pyridine rings is 1. The summed E-state index contributed by atoms with van der Waals surface area (Å²) in [5, 5.41) is 0. The number of ether oxygens (including phenoxy) is 1. The number of fused-ring (bicyclic) bond motifs is 1. The van der Waals surface area contributed by atoms with Crippen molar-refractivity contribution in [3.05, 3.63) is 18.0 Å². The van der Waals surface area contributed by atoms with Crippen LogP contribution in [0.1, 0.15) is 5.82 Å². The summed E-state index contributed by atoms with van der Waals surface area (Å²) in [4.78, 5) is 8.78. The van der Waals surface area contributed by atoms with Crippen LogP contribution in [0, 0.1) is 0 Å². The van der Waals surface area contributed by atoms with E-state index in [2.05, 4.69) is 9.97 Å². The van der Waals surface area contributed by atoms with Crippen LogP contribution in [-0.2, 0) is 22.8 Å². The molecule has 2 aromatic rings. The SMILES string of the molecule is COc1ccc2nc(CCCl)n(CCS(C)(=O)=O)c2n1. The van der Waals surface area contributed by atoms with Crippen LogP contribution >= 0.6 is 11.6 Å². The molecule has 20 heavy (non-hydrogen) atoms. The highest BCUT2D eigenvalue weighted by atomic mass is 35.5. The molecule has 2 heterocycles. The molecular formula is C12H16ClN3O3S. The molecule has 0 bridgehead atoms. The van der Waals surface area contributed by atoms with Crippen LogP contribution in [0.4, 0.5) is 0 Å². The lowest BCUT2D eigenvalue weighted by atomic mass is 10.4. The summed E-state index contributed by atoms with van der Waals surface area (Å²) in [6.07, 6.45) is 1.77. The number of imidazole rings is 1. The molecule has 110 valence electrons. The van der Waals surface area contributed by atoms with E-state index in [9.17, 15) is 8.42 Å². The number of nitrogens with zero attached hydrogens (tertiary/aromatic N) is 3. The largest absolute Gasteiger partial charge is 0.481 e. The molecule has 0 fully saturated rings. The maximum absolute atomic E-state index is 11.3. The summed E-state index contributed by atoms with van der Waals surface area (Å²) in [5.41, 5.74) is 1.33. The molecule has 8 heteroatoms. The third-order valence-corrected chi connectivity index (χ3v) is 3.97. The highest BCUT2D eigenvalue weighted by molar-refractivity contribution is 7.90. The van der Waals surface area contributed by atoms with Crippen LogP contribution in [-0.4, -0.2) is 48.0 Å². The Kier molecular flexibility index (Phi) is 4.49. The van der Waals surface area contributed by atoms with Crippen molar-refractivity contribution < 1.29 is 13.2 Å². The van der Waals surface area contributed by atoms with Gasteiger partial charge >= 0.3 is 0 Å². The summed E-state index contributed by atoms with van der Waals surface area (Å²) in [5.74, 6) is 1.65. The Bertz CT molecular complexity index is 712. The molecule has 0 radical (unpaired) electrons. The first kappa shape index (κ1) is 15.1. The van der Waals surface area contributed by atoms with E-state index in [0.29, 0.717) is 35.9 Å². The third-order valence-electron chi connectivity index (χ3n) is 2.86. The number of methoxy groups -OCH3 is 1. The lowest BCUT2D eigenvalue weighted by Gasteiger charge is -2.07. The molecule has 0 unspecified atom stereocenters. The molecule has 6 nitrogen and oxygen atoms in total. The van der Waals surface area contributed by atoms with Gasteiger partial charge in [-0.1, -0.05) is 0 Å². The molecule has 2 rings (SSSR count). The zero-order valence-electron chi connectivity index (χ0n) is 11.3. The Morgan fingerprint density at radius 2 is 2.10 bits per heavy atom. The van der Waals surface area contributed by atoms with Gasteiger partial charge in [-0.25, -0.2) is 13.4 Å². The van der Waals surface area contributed by atoms with Gasteiger partial charge in [0.1, 0.15) is 21.2 Å². The van der Waals surface area contributed by atoms with Crippen LogP contribution in [0.2, 0.25) is 0 Å². The minimum absolute atomic E-state index is 0.0344. The van der Waals surface area contributed by atoms with Gasteiger partial charge in [0.25, 0.3) is 0 Å². The lowest BCUT2D eigenvalue weighted by Crippen LogP contribution is -2.14. The van der Waals surface area contributed by atoms with Crippen molar-refractivity contribution in [3.63, 3.8) is 0 Å². The summed E-state index contributed by atoms with van der Waals surface area (Å²) < 4.78 is 29.6. The predicted molar refractivity (Wildman–Crippen MR) is 78.2 cm³/mol. The first-order chi connectivity index (χ1) is 9.44. The number of hydrogen-bond donors (Lipinski definition) is 0. The topological polar surface area (TPSA) is 74.1 Å². The van der Waals surface area contributed by atoms with Gasteiger partial charge in [-0.15, -0.1) is 11.6 Å². The number of sulfone groups is 1. The maximum atomic E-state index is 11.3. The quantitative estimate of drug-likeness (QED) is 0.750. The summed E-state index contributed by atoms with van der Waals surface area (Å²) in [6, 6.07) is 3.52. The summed E-state index contributed by atoms with van der Waals surface area (Å²) in [6.45, 7) is 0.307. The van der Waals surface area contributed by atoms with Crippen molar-refractivity contribution >= 4 is 32.6 Å². The predicted octanol–water partition coefficient (Wildman–Crippen LogP) is 1.27. The van der Waals surface area contributed by atoms with Gasteiger partial charge in [0.05, 0.1) is 12.9 Å². The zero-order valence-corrected chi connectivity index (χ0v) is 12.9. The van der Waals surface area contributed by atoms with E-state index in [4.69, 9.17) is 16.3 Å². The molecule has 0 amide bonds. The van der Waals surface area contributed by atoms with Gasteiger partial charge in [0.15, 0.2) is 5.65 Å². The standard InChI is InChI=1S/C12H16ClN3O3S/c1-19-11-4-3-9-12(15-11)16(7-8-20(2,17)18)10(14-9)5-6-13/h3-4H,5-8H2,1-2H3. The Morgan fingerprint density at radius 1 is 1.35 bits per heavy atom. The van der Waals surface area contributed by atoms with E-state index < -0.39 is 9.84 Å². The van der Waals surface area contributed by atoms with Crippen molar-refractivity contribution in [2.75, 3.05) is 25.0 Å². The second kappa shape index (κ2) is 5.97. The average molecular weight is 318 g/mol. The molecule has 0 aromatic carbocycles. The first-order valence-corrected chi connectivity index (χ1v) is 8.68. The lowest BCUT2D eigenvalue weighted by molar-refractivity contribution is 0.399. The van der Waals surface area contributed by atoms with Crippen LogP contribution in [0.15, 0.2) is 12.1 Å². The fourth-order valence-corrected chi connectivity index (χ4v) is 2.60. The number of aromatic nitrogens is 3. The highest BCUT2D eigenvalue weighted by Crippen LogP contribution is 2.19. The third kappa shape index (κ3) is 3.40. The van der Waals surface area contributed by atoms with Crippen LogP contribution in [0.5, 0.6) is 5.88 Å². The Labute approximate surface area is 122 Å². The number of hydrogen-bond acceptors (Lipinski definition) is 5. The van der Waals surface area contributed by atoms with Crippen LogP contribution < -0.4 is 4.74 Å². The van der Waals surface area contributed by atoms with Gasteiger partial charge < -0.3 is 9.30 Å². The molecule has 0 aliphatic rings. The van der Waals surface area contributed by atoms with Crippen LogP contribution in [0.25, 0.3) is 11.2 Å². The van der Waals surface area contributed by atoms with E-state index in [1.807, 2.05) is 0 Å². The van der Waals surface area contributed by atoms with E-state index in [0.717, 1.165) is 5.82 Å². The van der Waals surface area contributed by atoms with Gasteiger partial charge in [-0.05, 0) is 6.07 Å². The van der Waals surface area contributed by atoms with Crippen molar-refractivity contribution in [1.82, 2.24) is 14.5 Å². The molecule has 0 atom stereocenters. The summed E-state index contributed by atoms with van der Waals surface area (Å²) >= 11 is 5.77. The zero-order chi connectivity index (χ0) is 14.8. The number of alkyl halides is 1. The normalized spacial score (nSPS) is 11.9. The number of aryl methyl sites for hydroxylation is 2. The smallest absolute Gasteiger partial charge is 0.215 e. The molecule has 0 spiro atoms. The van der Waals surface area contributed by atoms with E-state index in [1.54, 1.807) is 16.7 Å². The minimum Gasteiger partial charge on any atom is -0.481 e. The van der Waals surface area contributed by atoms with Gasteiger partial charge in [0, 0.05) is 31.2 Å². The first-order valence-electron chi connectivity index (χ1n) is 6.08. The van der Waals surface area contributed by atoms with Crippen molar-refractivity contribution in [2.24, 2.45) is 0 Å². The Morgan fingerprint density at radius 3 is 2.70 bits per heavy atom. The van der Waals surface area contributed by atoms with E-state index in [1.165, 1.54) is 13.4 Å². The highest BCUT2D eigenvalue weighted by Gasteiger charge is 2.14. The molecule has 0 aliphatic carbocycles. The molecule has 0 saturated carbocycles. The fourth-order valence-electron chi connectivity index (χ4n) is 1.91. The molecule has 0 N–H and O–H groups in total. The maximum Gasteiger partial charge on any atom is 0.215 e. The Balaban J connectivity index is 2.48. The van der Waals surface area contributed by atoms with E-state index >= 15 is 0 Å². The van der Waals surface area contributed by atoms with Gasteiger partial charge in [-0.2, -0.15) is 4.98 Å².